The zero-order valence-corrected chi connectivity index (χ0v) is 16.4. The van der Waals surface area contributed by atoms with Gasteiger partial charge in [0.15, 0.2) is 5.96 Å². The van der Waals surface area contributed by atoms with Crippen LogP contribution in [0.15, 0.2) is 23.2 Å². The molecule has 6 heteroatoms. The molecule has 0 saturated carbocycles. The number of ether oxygens (including phenoxy) is 1. The number of aliphatic imine (C=N–C) groups is 1. The van der Waals surface area contributed by atoms with E-state index in [2.05, 4.69) is 36.1 Å². The lowest BCUT2D eigenvalue weighted by Crippen LogP contribution is -2.45. The summed E-state index contributed by atoms with van der Waals surface area (Å²) in [6, 6.07) is 5.63. The Morgan fingerprint density at radius 3 is 2.58 bits per heavy atom. The molecule has 0 spiro atoms. The normalized spacial score (nSPS) is 18.8. The van der Waals surface area contributed by atoms with Crippen molar-refractivity contribution in [3.8, 4) is 0 Å². The number of hydrogen-bond donors (Lipinski definition) is 1. The summed E-state index contributed by atoms with van der Waals surface area (Å²) in [4.78, 5) is 6.55. The van der Waals surface area contributed by atoms with Crippen molar-refractivity contribution in [2.45, 2.75) is 25.7 Å². The minimum atomic E-state index is -0.220. The van der Waals surface area contributed by atoms with Crippen LogP contribution in [0.1, 0.15) is 25.8 Å². The van der Waals surface area contributed by atoms with E-state index in [0.717, 1.165) is 37.7 Å². The predicted octanol–water partition coefficient (Wildman–Crippen LogP) is 3.81. The van der Waals surface area contributed by atoms with E-state index in [1.807, 2.05) is 18.2 Å². The number of nitrogens with zero attached hydrogens (tertiary/aromatic N) is 2. The van der Waals surface area contributed by atoms with Gasteiger partial charge < -0.3 is 15.0 Å². The van der Waals surface area contributed by atoms with Crippen LogP contribution in [0.4, 0.5) is 0 Å². The molecule has 2 rings (SSSR count). The number of hydrogen-bond acceptors (Lipinski definition) is 2. The van der Waals surface area contributed by atoms with Gasteiger partial charge in [0.2, 0.25) is 0 Å². The minimum absolute atomic E-state index is 0.220. The van der Waals surface area contributed by atoms with Gasteiger partial charge in [0.1, 0.15) is 0 Å². The maximum absolute atomic E-state index is 6.37. The summed E-state index contributed by atoms with van der Waals surface area (Å²) < 4.78 is 5.45. The minimum Gasteiger partial charge on any atom is -0.381 e. The van der Waals surface area contributed by atoms with Gasteiger partial charge in [0, 0.05) is 55.2 Å². The molecule has 1 N–H and O–H groups in total. The molecule has 1 aromatic rings. The van der Waals surface area contributed by atoms with E-state index in [0.29, 0.717) is 22.5 Å². The molecule has 0 aromatic heterocycles. The predicted molar refractivity (Wildman–Crippen MR) is 102 cm³/mol. The molecule has 0 amide bonds. The van der Waals surface area contributed by atoms with E-state index >= 15 is 0 Å². The molecule has 1 aliphatic heterocycles. The third kappa shape index (κ3) is 4.78. The number of guanidine groups is 1. The van der Waals surface area contributed by atoms with Crippen LogP contribution in [0.2, 0.25) is 10.0 Å². The first-order valence-electron chi connectivity index (χ1n) is 8.29. The van der Waals surface area contributed by atoms with Crippen LogP contribution in [0.25, 0.3) is 0 Å². The highest BCUT2D eigenvalue weighted by atomic mass is 35.5. The first kappa shape index (κ1) is 19.4. The maximum Gasteiger partial charge on any atom is 0.193 e. The molecule has 1 unspecified atom stereocenters. The second-order valence-electron chi connectivity index (χ2n) is 6.99. The summed E-state index contributed by atoms with van der Waals surface area (Å²) in [5, 5.41) is 4.84. The second-order valence-corrected chi connectivity index (χ2v) is 7.81. The summed E-state index contributed by atoms with van der Waals surface area (Å²) in [5.41, 5.74) is 0.742. The van der Waals surface area contributed by atoms with Crippen LogP contribution < -0.4 is 5.32 Å². The fourth-order valence-electron chi connectivity index (χ4n) is 3.12. The molecule has 1 saturated heterocycles. The van der Waals surface area contributed by atoms with Crippen molar-refractivity contribution in [1.29, 1.82) is 0 Å². The number of halogens is 2. The molecular formula is C18H27Cl2N3O. The SMILES string of the molecule is CN=C(NCC(C)(C)c1c(Cl)cccc1Cl)N(C)CC1CCOC1. The second kappa shape index (κ2) is 8.41. The lowest BCUT2D eigenvalue weighted by atomic mass is 9.84. The van der Waals surface area contributed by atoms with Crippen molar-refractivity contribution in [3.63, 3.8) is 0 Å². The topological polar surface area (TPSA) is 36.9 Å². The monoisotopic (exact) mass is 371 g/mol. The van der Waals surface area contributed by atoms with Gasteiger partial charge in [-0.1, -0.05) is 43.1 Å². The molecule has 1 fully saturated rings. The average molecular weight is 372 g/mol. The Kier molecular flexibility index (Phi) is 6.79. The van der Waals surface area contributed by atoms with Gasteiger partial charge in [-0.25, -0.2) is 0 Å². The standard InChI is InChI=1S/C18H27Cl2N3O/c1-18(2,16-14(19)6-5-7-15(16)20)12-22-17(21-3)23(4)10-13-8-9-24-11-13/h5-7,13H,8-12H2,1-4H3,(H,21,22). The maximum atomic E-state index is 6.37. The fraction of sp³-hybridized carbons (Fsp3) is 0.611. The van der Waals surface area contributed by atoms with E-state index in [-0.39, 0.29) is 5.41 Å². The van der Waals surface area contributed by atoms with E-state index in [1.54, 1.807) is 7.05 Å². The summed E-state index contributed by atoms with van der Waals surface area (Å²) in [6.45, 7) is 7.59. The molecule has 4 nitrogen and oxygen atoms in total. The van der Waals surface area contributed by atoms with E-state index in [9.17, 15) is 0 Å². The Hall–Kier alpha value is -0.970. The van der Waals surface area contributed by atoms with Gasteiger partial charge in [-0.05, 0) is 24.1 Å². The molecule has 0 radical (unpaired) electrons. The molecule has 1 heterocycles. The first-order valence-corrected chi connectivity index (χ1v) is 9.04. The summed E-state index contributed by atoms with van der Waals surface area (Å²) >= 11 is 12.7. The molecule has 0 aliphatic carbocycles. The molecule has 1 aromatic carbocycles. The Morgan fingerprint density at radius 2 is 2.04 bits per heavy atom. The van der Waals surface area contributed by atoms with Crippen molar-refractivity contribution in [1.82, 2.24) is 10.2 Å². The number of rotatable bonds is 5. The van der Waals surface area contributed by atoms with Crippen LogP contribution in [0.5, 0.6) is 0 Å². The van der Waals surface area contributed by atoms with Gasteiger partial charge >= 0.3 is 0 Å². The largest absolute Gasteiger partial charge is 0.381 e. The number of nitrogens with one attached hydrogen (secondary N) is 1. The smallest absolute Gasteiger partial charge is 0.193 e. The Balaban J connectivity index is 2.01. The highest BCUT2D eigenvalue weighted by Gasteiger charge is 2.27. The third-order valence-corrected chi connectivity index (χ3v) is 5.09. The van der Waals surface area contributed by atoms with E-state index in [4.69, 9.17) is 27.9 Å². The average Bonchev–Trinajstić information content (AvgIpc) is 3.00. The van der Waals surface area contributed by atoms with Crippen molar-refractivity contribution in [2.75, 3.05) is 40.4 Å². The van der Waals surface area contributed by atoms with Gasteiger partial charge in [-0.2, -0.15) is 0 Å². The Bertz CT molecular complexity index is 563. The van der Waals surface area contributed by atoms with Gasteiger partial charge in [-0.3, -0.25) is 4.99 Å². The van der Waals surface area contributed by atoms with Crippen LogP contribution in [0, 0.1) is 5.92 Å². The zero-order chi connectivity index (χ0) is 17.7. The molecular weight excluding hydrogens is 345 g/mol. The summed E-state index contributed by atoms with van der Waals surface area (Å²) in [7, 11) is 3.86. The molecule has 134 valence electrons. The third-order valence-electron chi connectivity index (χ3n) is 4.46. The van der Waals surface area contributed by atoms with Crippen molar-refractivity contribution in [2.24, 2.45) is 10.9 Å². The lowest BCUT2D eigenvalue weighted by molar-refractivity contribution is 0.181. The highest BCUT2D eigenvalue weighted by molar-refractivity contribution is 6.36. The number of benzene rings is 1. The van der Waals surface area contributed by atoms with Crippen LogP contribution in [0.3, 0.4) is 0 Å². The molecule has 1 aliphatic rings. The van der Waals surface area contributed by atoms with Crippen LogP contribution >= 0.6 is 23.2 Å². The fourth-order valence-corrected chi connectivity index (χ4v) is 4.03. The van der Waals surface area contributed by atoms with E-state index in [1.165, 1.54) is 0 Å². The quantitative estimate of drug-likeness (QED) is 0.631. The van der Waals surface area contributed by atoms with Crippen molar-refractivity contribution >= 4 is 29.2 Å². The highest BCUT2D eigenvalue weighted by Crippen LogP contribution is 2.35. The molecule has 0 bridgehead atoms. The zero-order valence-electron chi connectivity index (χ0n) is 14.9. The molecule has 1 atom stereocenters. The Labute approximate surface area is 155 Å². The first-order chi connectivity index (χ1) is 11.3. The van der Waals surface area contributed by atoms with Crippen LogP contribution in [-0.2, 0) is 10.2 Å². The lowest BCUT2D eigenvalue weighted by Gasteiger charge is -2.31. The molecule has 24 heavy (non-hydrogen) atoms. The van der Waals surface area contributed by atoms with Crippen molar-refractivity contribution in [3.05, 3.63) is 33.8 Å². The van der Waals surface area contributed by atoms with Crippen molar-refractivity contribution < 1.29 is 4.74 Å². The van der Waals surface area contributed by atoms with Gasteiger partial charge in [-0.15, -0.1) is 0 Å². The van der Waals surface area contributed by atoms with Crippen LogP contribution in [-0.4, -0.2) is 51.3 Å². The Morgan fingerprint density at radius 1 is 1.38 bits per heavy atom. The van der Waals surface area contributed by atoms with E-state index < -0.39 is 0 Å². The van der Waals surface area contributed by atoms with Gasteiger partial charge in [0.25, 0.3) is 0 Å². The summed E-state index contributed by atoms with van der Waals surface area (Å²) in [5.74, 6) is 1.44. The summed E-state index contributed by atoms with van der Waals surface area (Å²) in [6.07, 6.45) is 1.11. The van der Waals surface area contributed by atoms with Gasteiger partial charge in [0.05, 0.1) is 6.61 Å².